The van der Waals surface area contributed by atoms with Crippen LogP contribution < -0.4 is 28.4 Å². The lowest BCUT2D eigenvalue weighted by Gasteiger charge is -2.26. The minimum atomic E-state index is -4.07. The summed E-state index contributed by atoms with van der Waals surface area (Å²) in [5, 5.41) is 18.2. The van der Waals surface area contributed by atoms with Crippen molar-refractivity contribution in [2.45, 2.75) is 193 Å². The molecule has 6 aromatic carbocycles. The van der Waals surface area contributed by atoms with Gasteiger partial charge in [0, 0.05) is 63.1 Å². The summed E-state index contributed by atoms with van der Waals surface area (Å²) >= 11 is 0. The Kier molecular flexibility index (Phi) is 30.8. The first-order valence-corrected chi connectivity index (χ1v) is 40.5. The molecule has 10 aromatic rings. The summed E-state index contributed by atoms with van der Waals surface area (Å²) in [7, 11) is -1.64. The minimum absolute atomic E-state index is 0.00269. The van der Waals surface area contributed by atoms with E-state index in [0.29, 0.717) is 45.3 Å². The van der Waals surface area contributed by atoms with Crippen LogP contribution in [0.2, 0.25) is 0 Å². The van der Waals surface area contributed by atoms with Gasteiger partial charge in [-0.25, -0.2) is 26.8 Å². The number of sulfonamides is 2. The number of methoxy groups -OCH3 is 4. The molecule has 0 atom stereocenters. The topological polar surface area (TPSA) is 264 Å². The van der Waals surface area contributed by atoms with Crippen molar-refractivity contribution in [3.8, 4) is 56.9 Å². The van der Waals surface area contributed by atoms with Crippen molar-refractivity contribution in [2.24, 2.45) is 0 Å². The van der Waals surface area contributed by atoms with Crippen LogP contribution in [0.25, 0.3) is 22.3 Å². The zero-order chi connectivity index (χ0) is 85.3. The Morgan fingerprint density at radius 3 is 1.22 bits per heavy atom. The van der Waals surface area contributed by atoms with Crippen LogP contribution in [0.5, 0.6) is 34.6 Å². The number of pyridine rings is 2. The van der Waals surface area contributed by atoms with Gasteiger partial charge in [0.15, 0.2) is 0 Å². The van der Waals surface area contributed by atoms with Crippen LogP contribution in [0.4, 0.5) is 13.2 Å². The molecular formula is C88H107F3N8O15S2. The molecule has 0 saturated heterocycles. The molecule has 0 spiro atoms. The number of aromatic nitrogens is 6. The van der Waals surface area contributed by atoms with Crippen molar-refractivity contribution in [3.05, 3.63) is 239 Å². The van der Waals surface area contributed by atoms with E-state index in [1.165, 1.54) is 73.4 Å². The van der Waals surface area contributed by atoms with E-state index >= 15 is 0 Å². The largest absolute Gasteiger partial charge is 0.497 e. The van der Waals surface area contributed by atoms with Gasteiger partial charge in [0.25, 0.3) is 0 Å². The number of alkyl halides is 2. The maximum Gasteiger partial charge on any atom is 0.387 e. The van der Waals surface area contributed by atoms with E-state index in [-0.39, 0.29) is 91.5 Å². The molecule has 0 saturated carbocycles. The Hall–Kier alpha value is -10.7. The minimum Gasteiger partial charge on any atom is -0.497 e. The summed E-state index contributed by atoms with van der Waals surface area (Å²) in [4.78, 5) is 33.6. The van der Waals surface area contributed by atoms with E-state index in [4.69, 9.17) is 37.9 Å². The van der Waals surface area contributed by atoms with Crippen molar-refractivity contribution in [1.29, 1.82) is 0 Å². The predicted octanol–water partition coefficient (Wildman–Crippen LogP) is 17.0. The summed E-state index contributed by atoms with van der Waals surface area (Å²) in [6.45, 7) is 25.4. The third-order valence-electron chi connectivity index (χ3n) is 18.4. The second kappa shape index (κ2) is 39.3. The monoisotopic (exact) mass is 1640 g/mol. The molecule has 4 heterocycles. The van der Waals surface area contributed by atoms with E-state index < -0.39 is 60.9 Å². The maximum atomic E-state index is 14.3. The fourth-order valence-electron chi connectivity index (χ4n) is 12.3. The summed E-state index contributed by atoms with van der Waals surface area (Å²) < 4.78 is 145. The molecule has 0 aliphatic heterocycles. The van der Waals surface area contributed by atoms with E-state index in [1.807, 2.05) is 110 Å². The SMILES string of the molecule is COc1ccc(CN(Cc2ccc(OC)cc2)S(=O)(=O)c2cnn(C(C)(C)CO)c2)cc1.COc1ccc(CN(Cc2ccc(OC)cc2)S(=O)(=O)c2cnn(C(C)(C)COc3cc(-c4cc(OC(F)F)cc(C(C)C)c4CC(=O)OC(C)(C)C)ccn3)c2)cc1.Cc1cc(-c2ccnc(F)c2)c(CC(=O)OC(C)(C)C)c(C(C)C)c1. The highest BCUT2D eigenvalue weighted by molar-refractivity contribution is 7.89. The Morgan fingerprint density at radius 1 is 0.491 bits per heavy atom. The Morgan fingerprint density at radius 2 is 0.862 bits per heavy atom. The van der Waals surface area contributed by atoms with Gasteiger partial charge in [-0.3, -0.25) is 19.0 Å². The van der Waals surface area contributed by atoms with Crippen molar-refractivity contribution in [2.75, 3.05) is 41.7 Å². The number of benzene rings is 6. The first-order valence-electron chi connectivity index (χ1n) is 37.7. The average molecular weight is 1640 g/mol. The second-order valence-corrected chi connectivity index (χ2v) is 35.5. The van der Waals surface area contributed by atoms with E-state index in [1.54, 1.807) is 130 Å². The van der Waals surface area contributed by atoms with E-state index in [2.05, 4.69) is 40.1 Å². The molecule has 1 N–H and O–H groups in total. The van der Waals surface area contributed by atoms with Crippen molar-refractivity contribution in [1.82, 2.24) is 38.1 Å². The standard InChI is InChI=1S/C44H52F2N4O8S.C23H29N3O5S.C21H26FNO2/c1-29(2)37-21-35(57-42(45)46)22-38(39(37)23-41(51)58-43(3,4)5)32-18-19-47-40(20-32)56-28-44(6,7)50-27-36(24-48-50)59(52,53)49(25-30-10-14-33(54-8)15-11-30)26-31-12-16-34(55-9)17-13-31;1-23(2,17-27)26-16-22(13-24-26)32(28,29)25(14-18-5-9-20(30-3)10-6-18)15-19-7-11-21(31-4)12-8-19;1-13(2)16-9-14(3)10-17(15-7-8-23-19(22)11-15)18(16)12-20(24)25-21(4,5)6/h10-22,24,27,29,42H,23,25-26,28H2,1-9H3;5-13,16,27H,14-15,17H2,1-4H3;7-11,13H,12H2,1-6H3. The molecule has 0 fully saturated rings. The number of nitrogens with zero attached hydrogens (tertiary/aromatic N) is 8. The third kappa shape index (κ3) is 25.4. The van der Waals surface area contributed by atoms with Crippen LogP contribution in [0.15, 0.2) is 193 Å². The lowest BCUT2D eigenvalue weighted by Crippen LogP contribution is -2.34. The molecular weight excluding hydrogens is 1530 g/mol. The smallest absolute Gasteiger partial charge is 0.387 e. The molecule has 23 nitrogen and oxygen atoms in total. The van der Waals surface area contributed by atoms with Crippen LogP contribution in [-0.2, 0) is 89.2 Å². The Bertz CT molecular complexity index is 5060. The molecule has 0 bridgehead atoms. The van der Waals surface area contributed by atoms with Crippen molar-refractivity contribution in [3.63, 3.8) is 0 Å². The summed E-state index contributed by atoms with van der Waals surface area (Å²) in [6, 6.07) is 42.6. The molecule has 116 heavy (non-hydrogen) atoms. The lowest BCUT2D eigenvalue weighted by molar-refractivity contribution is -0.155. The normalized spacial score (nSPS) is 12.1. The van der Waals surface area contributed by atoms with Crippen LogP contribution >= 0.6 is 0 Å². The van der Waals surface area contributed by atoms with Crippen LogP contribution in [-0.4, -0.2) is 131 Å². The Balaban J connectivity index is 0.000000245. The molecule has 0 unspecified atom stereocenters. The van der Waals surface area contributed by atoms with Crippen LogP contribution in [0.3, 0.4) is 0 Å². The van der Waals surface area contributed by atoms with Gasteiger partial charge in [-0.2, -0.15) is 32.0 Å². The van der Waals surface area contributed by atoms with Crippen molar-refractivity contribution >= 4 is 32.0 Å². The summed E-state index contributed by atoms with van der Waals surface area (Å²) in [5.41, 5.74) is 7.24. The fourth-order valence-corrected chi connectivity index (χ4v) is 15.0. The quantitative estimate of drug-likeness (QED) is 0.0303. The van der Waals surface area contributed by atoms with Gasteiger partial charge in [0.05, 0.1) is 71.4 Å². The van der Waals surface area contributed by atoms with Crippen molar-refractivity contribution < 1.29 is 82.6 Å². The summed E-state index contributed by atoms with van der Waals surface area (Å²) in [6.07, 6.45) is 8.58. The predicted molar refractivity (Wildman–Crippen MR) is 438 cm³/mol. The second-order valence-electron chi connectivity index (χ2n) is 31.6. The number of carbonyl (C=O) groups is 2. The van der Waals surface area contributed by atoms with Gasteiger partial charge in [-0.1, -0.05) is 93.9 Å². The third-order valence-corrected chi connectivity index (χ3v) is 21.9. The number of hydrogen-bond donors (Lipinski definition) is 1. The number of aryl methyl sites for hydroxylation is 1. The number of ether oxygens (including phenoxy) is 8. The number of rotatable bonds is 32. The lowest BCUT2D eigenvalue weighted by atomic mass is 9.87. The number of hydrogen-bond acceptors (Lipinski definition) is 19. The highest BCUT2D eigenvalue weighted by Crippen LogP contribution is 2.39. The average Bonchev–Trinajstić information content (AvgIpc) is 1.38. The maximum absolute atomic E-state index is 14.3. The van der Waals surface area contributed by atoms with E-state index in [0.717, 1.165) is 50.1 Å². The first-order chi connectivity index (χ1) is 54.5. The zero-order valence-electron chi connectivity index (χ0n) is 69.4. The van der Waals surface area contributed by atoms with Gasteiger partial charge in [-0.05, 0) is 228 Å². The highest BCUT2D eigenvalue weighted by Gasteiger charge is 2.33. The molecule has 10 rings (SSSR count). The zero-order valence-corrected chi connectivity index (χ0v) is 71.0. The van der Waals surface area contributed by atoms with Gasteiger partial charge >= 0.3 is 18.6 Å². The fraction of sp³-hybridized carbons (Fsp3) is 0.386. The molecule has 622 valence electrons. The molecule has 0 amide bonds. The van der Waals surface area contributed by atoms with Gasteiger partial charge < -0.3 is 43.0 Å². The molecule has 4 aromatic heterocycles. The van der Waals surface area contributed by atoms with E-state index in [9.17, 15) is 44.7 Å². The molecule has 28 heteroatoms. The molecule has 0 aliphatic carbocycles. The number of aliphatic hydroxyl groups is 1. The number of carbonyl (C=O) groups excluding carboxylic acids is 2. The number of esters is 2. The highest BCUT2D eigenvalue weighted by atomic mass is 32.2. The molecule has 0 aliphatic rings. The Labute approximate surface area is 679 Å². The number of aliphatic hydroxyl groups excluding tert-OH is 1. The molecule has 0 radical (unpaired) electrons. The van der Waals surface area contributed by atoms with Crippen LogP contribution in [0.1, 0.15) is 159 Å². The van der Waals surface area contributed by atoms with Gasteiger partial charge in [-0.15, -0.1) is 0 Å². The number of halogens is 3. The first kappa shape index (κ1) is 90.9. The van der Waals surface area contributed by atoms with Crippen LogP contribution in [0, 0.1) is 12.9 Å². The summed E-state index contributed by atoms with van der Waals surface area (Å²) in [5.74, 6) is 1.66. The van der Waals surface area contributed by atoms with Gasteiger partial charge in [0.1, 0.15) is 56.3 Å². The van der Waals surface area contributed by atoms with Gasteiger partial charge in [0.2, 0.25) is 31.9 Å².